The molecule has 3 rings (SSSR count). The van der Waals surface area contributed by atoms with E-state index in [1.807, 2.05) is 0 Å². The number of hydrogen-bond donors (Lipinski definition) is 4. The van der Waals surface area contributed by atoms with Gasteiger partial charge >= 0.3 is 5.97 Å². The van der Waals surface area contributed by atoms with Crippen LogP contribution < -0.4 is 0 Å². The second kappa shape index (κ2) is 8.87. The number of phenolic OH excluding ortho intramolecular Hbond substituents is 4. The third-order valence-electron chi connectivity index (χ3n) is 4.42. The average molecular weight is 404 g/mol. The number of carbonyl (C=O) groups is 1. The van der Waals surface area contributed by atoms with Gasteiger partial charge in [-0.2, -0.15) is 0 Å². The van der Waals surface area contributed by atoms with Crippen molar-refractivity contribution in [2.75, 3.05) is 7.11 Å². The lowest BCUT2D eigenvalue weighted by atomic mass is 10.0. The van der Waals surface area contributed by atoms with Crippen LogP contribution in [-0.4, -0.2) is 33.5 Å². The normalized spacial score (nSPS) is 11.2. The lowest BCUT2D eigenvalue weighted by Gasteiger charge is -2.06. The maximum absolute atomic E-state index is 11.9. The molecule has 0 aliphatic carbocycles. The van der Waals surface area contributed by atoms with Crippen molar-refractivity contribution in [2.24, 2.45) is 0 Å². The van der Waals surface area contributed by atoms with Crippen molar-refractivity contribution >= 4 is 30.3 Å². The number of hydrogen-bond acceptors (Lipinski definition) is 6. The van der Waals surface area contributed by atoms with E-state index in [9.17, 15) is 25.2 Å². The quantitative estimate of drug-likeness (QED) is 0.280. The van der Waals surface area contributed by atoms with Crippen molar-refractivity contribution in [3.8, 4) is 23.0 Å². The molecule has 6 heteroatoms. The molecule has 0 bridgehead atoms. The first-order valence-corrected chi connectivity index (χ1v) is 9.00. The van der Waals surface area contributed by atoms with Crippen LogP contribution in [0.25, 0.3) is 24.3 Å². The number of aromatic hydroxyl groups is 4. The van der Waals surface area contributed by atoms with Crippen molar-refractivity contribution in [3.63, 3.8) is 0 Å². The molecule has 0 saturated carbocycles. The zero-order chi connectivity index (χ0) is 21.7. The van der Waals surface area contributed by atoms with E-state index in [1.165, 1.54) is 31.4 Å². The van der Waals surface area contributed by atoms with Crippen LogP contribution in [0, 0.1) is 0 Å². The molecule has 3 aromatic carbocycles. The molecule has 0 atom stereocenters. The largest absolute Gasteiger partial charge is 0.504 e. The second-order valence-electron chi connectivity index (χ2n) is 6.50. The van der Waals surface area contributed by atoms with Crippen LogP contribution in [0.2, 0.25) is 0 Å². The number of carbonyl (C=O) groups excluding carboxylic acids is 1. The van der Waals surface area contributed by atoms with E-state index in [4.69, 9.17) is 4.74 Å². The maximum atomic E-state index is 11.9. The molecule has 0 saturated heterocycles. The summed E-state index contributed by atoms with van der Waals surface area (Å²) < 4.78 is 4.78. The predicted octanol–water partition coefficient (Wildman–Crippen LogP) is 4.64. The summed E-state index contributed by atoms with van der Waals surface area (Å²) >= 11 is 0. The van der Waals surface area contributed by atoms with Crippen LogP contribution in [0.15, 0.2) is 54.6 Å². The predicted molar refractivity (Wildman–Crippen MR) is 115 cm³/mol. The van der Waals surface area contributed by atoms with Crippen LogP contribution in [-0.2, 0) is 4.74 Å². The molecule has 152 valence electrons. The fourth-order valence-corrected chi connectivity index (χ4v) is 2.78. The van der Waals surface area contributed by atoms with Gasteiger partial charge in [0.2, 0.25) is 0 Å². The molecule has 6 nitrogen and oxygen atoms in total. The monoisotopic (exact) mass is 404 g/mol. The first kappa shape index (κ1) is 20.5. The fraction of sp³-hybridized carbons (Fsp3) is 0.0417. The van der Waals surface area contributed by atoms with Gasteiger partial charge in [0.05, 0.1) is 12.7 Å². The van der Waals surface area contributed by atoms with Gasteiger partial charge in [0.15, 0.2) is 23.0 Å². The lowest BCUT2D eigenvalue weighted by molar-refractivity contribution is 0.0600. The van der Waals surface area contributed by atoms with Gasteiger partial charge in [0.25, 0.3) is 0 Å². The molecule has 30 heavy (non-hydrogen) atoms. The third kappa shape index (κ3) is 4.80. The molecule has 0 aliphatic rings. The zero-order valence-electron chi connectivity index (χ0n) is 16.1. The Balaban J connectivity index is 1.98. The first-order valence-electron chi connectivity index (χ1n) is 9.00. The van der Waals surface area contributed by atoms with E-state index >= 15 is 0 Å². The van der Waals surface area contributed by atoms with Gasteiger partial charge in [0, 0.05) is 0 Å². The van der Waals surface area contributed by atoms with E-state index < -0.39 is 5.97 Å². The van der Waals surface area contributed by atoms with Crippen LogP contribution in [0.5, 0.6) is 23.0 Å². The Bertz CT molecular complexity index is 1140. The topological polar surface area (TPSA) is 107 Å². The van der Waals surface area contributed by atoms with Gasteiger partial charge in [-0.3, -0.25) is 0 Å². The molecule has 0 aromatic heterocycles. The second-order valence-corrected chi connectivity index (χ2v) is 6.50. The van der Waals surface area contributed by atoms with Crippen molar-refractivity contribution < 1.29 is 30.0 Å². The van der Waals surface area contributed by atoms with E-state index in [0.717, 1.165) is 5.56 Å². The highest BCUT2D eigenvalue weighted by Crippen LogP contribution is 2.28. The molecule has 4 N–H and O–H groups in total. The van der Waals surface area contributed by atoms with Gasteiger partial charge < -0.3 is 25.2 Å². The van der Waals surface area contributed by atoms with Crippen LogP contribution >= 0.6 is 0 Å². The summed E-state index contributed by atoms with van der Waals surface area (Å²) in [6.07, 6.45) is 7.07. The Labute approximate surface area is 173 Å². The van der Waals surface area contributed by atoms with Crippen molar-refractivity contribution in [3.05, 3.63) is 82.4 Å². The molecular weight excluding hydrogens is 384 g/mol. The number of benzene rings is 3. The van der Waals surface area contributed by atoms with Gasteiger partial charge in [-0.15, -0.1) is 0 Å². The number of phenols is 4. The number of ether oxygens (including phenoxy) is 1. The Morgan fingerprint density at radius 1 is 0.667 bits per heavy atom. The highest BCUT2D eigenvalue weighted by Gasteiger charge is 2.08. The van der Waals surface area contributed by atoms with E-state index in [2.05, 4.69) is 0 Å². The average Bonchev–Trinajstić information content (AvgIpc) is 2.75. The minimum Gasteiger partial charge on any atom is -0.504 e. The minimum absolute atomic E-state index is 0.199. The van der Waals surface area contributed by atoms with E-state index in [-0.39, 0.29) is 23.0 Å². The first-order chi connectivity index (χ1) is 14.4. The van der Waals surface area contributed by atoms with Crippen molar-refractivity contribution in [1.29, 1.82) is 0 Å². The van der Waals surface area contributed by atoms with Crippen LogP contribution in [0.3, 0.4) is 0 Å². The summed E-state index contributed by atoms with van der Waals surface area (Å²) in [5, 5.41) is 38.2. The Hall–Kier alpha value is -4.19. The summed E-state index contributed by atoms with van der Waals surface area (Å²) in [5.74, 6) is -1.32. The zero-order valence-corrected chi connectivity index (χ0v) is 16.1. The van der Waals surface area contributed by atoms with Gasteiger partial charge in [0.1, 0.15) is 0 Å². The van der Waals surface area contributed by atoms with Gasteiger partial charge in [-0.25, -0.2) is 4.79 Å². The molecule has 3 aromatic rings. The molecule has 0 spiro atoms. The van der Waals surface area contributed by atoms with Crippen molar-refractivity contribution in [2.45, 2.75) is 0 Å². The summed E-state index contributed by atoms with van der Waals surface area (Å²) in [7, 11) is 1.31. The SMILES string of the molecule is COC(=O)c1ccc(/C=C/c2ccc(O)c(O)c2)c(/C=C/c2ccc(O)c(O)c2)c1. The number of rotatable bonds is 5. The molecular formula is C24H20O6. The number of methoxy groups -OCH3 is 1. The standard InChI is InChI=1S/C24H20O6/c1-30-24(29)19-9-8-17(6-2-15-4-10-20(25)22(27)12-15)18(14-19)7-3-16-5-11-21(26)23(28)13-16/h2-14,25-28H,1H3/b6-2+,7-3+. The summed E-state index contributed by atoms with van der Waals surface area (Å²) in [6.45, 7) is 0. The summed E-state index contributed by atoms with van der Waals surface area (Å²) in [5.41, 5.74) is 3.22. The Morgan fingerprint density at radius 2 is 1.20 bits per heavy atom. The lowest BCUT2D eigenvalue weighted by Crippen LogP contribution is -2.01. The van der Waals surface area contributed by atoms with Gasteiger partial charge in [-0.05, 0) is 58.7 Å². The summed E-state index contributed by atoms with van der Waals surface area (Å²) in [4.78, 5) is 11.9. The smallest absolute Gasteiger partial charge is 0.337 e. The molecule has 0 amide bonds. The summed E-state index contributed by atoms with van der Waals surface area (Å²) in [6, 6.07) is 14.0. The van der Waals surface area contributed by atoms with Crippen LogP contribution in [0.1, 0.15) is 32.6 Å². The fourth-order valence-electron chi connectivity index (χ4n) is 2.78. The molecule has 0 aliphatic heterocycles. The highest BCUT2D eigenvalue weighted by molar-refractivity contribution is 5.92. The minimum atomic E-state index is -0.467. The Kier molecular flexibility index (Phi) is 6.08. The number of esters is 1. The van der Waals surface area contributed by atoms with E-state index in [1.54, 1.807) is 54.6 Å². The maximum Gasteiger partial charge on any atom is 0.337 e. The molecule has 0 fully saturated rings. The van der Waals surface area contributed by atoms with E-state index in [0.29, 0.717) is 22.3 Å². The highest BCUT2D eigenvalue weighted by atomic mass is 16.5. The third-order valence-corrected chi connectivity index (χ3v) is 4.42. The Morgan fingerprint density at radius 3 is 1.70 bits per heavy atom. The van der Waals surface area contributed by atoms with Crippen molar-refractivity contribution in [1.82, 2.24) is 0 Å². The molecule has 0 unspecified atom stereocenters. The molecule has 0 heterocycles. The molecule has 0 radical (unpaired) electrons. The van der Waals surface area contributed by atoms with Gasteiger partial charge in [-0.1, -0.05) is 42.5 Å². The van der Waals surface area contributed by atoms with Crippen LogP contribution in [0.4, 0.5) is 0 Å².